The summed E-state index contributed by atoms with van der Waals surface area (Å²) in [4.78, 5) is 0. The van der Waals surface area contributed by atoms with Gasteiger partial charge in [-0.15, -0.1) is 0 Å². The zero-order valence-corrected chi connectivity index (χ0v) is 11.6. The van der Waals surface area contributed by atoms with Crippen molar-refractivity contribution in [3.05, 3.63) is 54.1 Å². The van der Waals surface area contributed by atoms with E-state index in [1.54, 1.807) is 24.3 Å². The Labute approximate surface area is 115 Å². The van der Waals surface area contributed by atoms with Gasteiger partial charge in [0.05, 0.1) is 0 Å². The van der Waals surface area contributed by atoms with Crippen molar-refractivity contribution in [1.29, 1.82) is 0 Å². The third kappa shape index (κ3) is 3.77. The summed E-state index contributed by atoms with van der Waals surface area (Å²) in [6, 6.07) is 14.8. The summed E-state index contributed by atoms with van der Waals surface area (Å²) in [5, 5.41) is 10.2. The van der Waals surface area contributed by atoms with Gasteiger partial charge >= 0.3 is 0 Å². The first kappa shape index (κ1) is 13.0. The molecule has 2 aromatic rings. The Morgan fingerprint density at radius 1 is 1.00 bits per heavy atom. The van der Waals surface area contributed by atoms with Gasteiger partial charge in [-0.25, -0.2) is 0 Å². The van der Waals surface area contributed by atoms with E-state index in [0.717, 1.165) is 29.7 Å². The fourth-order valence-corrected chi connectivity index (χ4v) is 1.97. The molecule has 0 amide bonds. The van der Waals surface area contributed by atoms with Gasteiger partial charge < -0.3 is 9.84 Å². The molecule has 2 rings (SSSR count). The highest BCUT2D eigenvalue weighted by Gasteiger charge is 1.99. The van der Waals surface area contributed by atoms with Crippen molar-refractivity contribution in [2.45, 2.75) is 12.8 Å². The SMILES string of the molecule is Oc1ccc(Oc2cccc(CCCBr)c2)cc1. The lowest BCUT2D eigenvalue weighted by Crippen LogP contribution is -1.88. The van der Waals surface area contributed by atoms with Crippen LogP contribution in [0.15, 0.2) is 48.5 Å². The molecule has 0 aliphatic heterocycles. The third-order valence-corrected chi connectivity index (χ3v) is 3.13. The number of hydrogen-bond donors (Lipinski definition) is 1. The largest absolute Gasteiger partial charge is 0.508 e. The first-order valence-electron chi connectivity index (χ1n) is 5.90. The highest BCUT2D eigenvalue weighted by molar-refractivity contribution is 9.09. The van der Waals surface area contributed by atoms with Gasteiger partial charge in [-0.2, -0.15) is 0 Å². The van der Waals surface area contributed by atoms with E-state index in [4.69, 9.17) is 4.74 Å². The van der Waals surface area contributed by atoms with Crippen molar-refractivity contribution in [1.82, 2.24) is 0 Å². The summed E-state index contributed by atoms with van der Waals surface area (Å²) in [6.45, 7) is 0. The van der Waals surface area contributed by atoms with Crippen molar-refractivity contribution in [2.75, 3.05) is 5.33 Å². The molecular formula is C15H15BrO2. The number of hydrogen-bond acceptors (Lipinski definition) is 2. The van der Waals surface area contributed by atoms with Crippen LogP contribution in [0.1, 0.15) is 12.0 Å². The van der Waals surface area contributed by atoms with E-state index in [1.807, 2.05) is 12.1 Å². The van der Waals surface area contributed by atoms with Crippen molar-refractivity contribution in [2.24, 2.45) is 0 Å². The van der Waals surface area contributed by atoms with Crippen LogP contribution in [0, 0.1) is 0 Å². The number of benzene rings is 2. The van der Waals surface area contributed by atoms with Crippen LogP contribution < -0.4 is 4.74 Å². The number of rotatable bonds is 5. The summed E-state index contributed by atoms with van der Waals surface area (Å²) >= 11 is 3.43. The van der Waals surface area contributed by atoms with Gasteiger partial charge in [-0.3, -0.25) is 0 Å². The lowest BCUT2D eigenvalue weighted by Gasteiger charge is -2.07. The Kier molecular flexibility index (Phi) is 4.65. The van der Waals surface area contributed by atoms with Gasteiger partial charge in [0, 0.05) is 5.33 Å². The van der Waals surface area contributed by atoms with Crippen LogP contribution >= 0.6 is 15.9 Å². The summed E-state index contributed by atoms with van der Waals surface area (Å²) < 4.78 is 5.73. The van der Waals surface area contributed by atoms with Gasteiger partial charge in [0.1, 0.15) is 17.2 Å². The minimum atomic E-state index is 0.244. The highest BCUT2D eigenvalue weighted by atomic mass is 79.9. The van der Waals surface area contributed by atoms with Crippen LogP contribution in [0.3, 0.4) is 0 Å². The fraction of sp³-hybridized carbons (Fsp3) is 0.200. The smallest absolute Gasteiger partial charge is 0.127 e. The van der Waals surface area contributed by atoms with Gasteiger partial charge in [-0.1, -0.05) is 28.1 Å². The minimum Gasteiger partial charge on any atom is -0.508 e. The molecule has 2 nitrogen and oxygen atoms in total. The standard InChI is InChI=1S/C15H15BrO2/c16-10-2-4-12-3-1-5-15(11-12)18-14-8-6-13(17)7-9-14/h1,3,5-9,11,17H,2,4,10H2. The molecule has 0 radical (unpaired) electrons. The van der Waals surface area contributed by atoms with Crippen LogP contribution in [0.4, 0.5) is 0 Å². The number of alkyl halides is 1. The second-order valence-electron chi connectivity index (χ2n) is 4.04. The molecule has 0 heterocycles. The maximum atomic E-state index is 9.20. The molecular weight excluding hydrogens is 292 g/mol. The monoisotopic (exact) mass is 306 g/mol. The van der Waals surface area contributed by atoms with Gasteiger partial charge in [0.15, 0.2) is 0 Å². The predicted octanol–water partition coefficient (Wildman–Crippen LogP) is 4.51. The van der Waals surface area contributed by atoms with E-state index in [1.165, 1.54) is 5.56 Å². The molecule has 1 N–H and O–H groups in total. The van der Waals surface area contributed by atoms with Crippen molar-refractivity contribution < 1.29 is 9.84 Å². The average Bonchev–Trinajstić information content (AvgIpc) is 2.40. The Hall–Kier alpha value is -1.48. The summed E-state index contributed by atoms with van der Waals surface area (Å²) in [6.07, 6.45) is 2.15. The van der Waals surface area contributed by atoms with E-state index in [0.29, 0.717) is 0 Å². The molecule has 2 aromatic carbocycles. The van der Waals surface area contributed by atoms with E-state index in [9.17, 15) is 5.11 Å². The number of aromatic hydroxyl groups is 1. The Morgan fingerprint density at radius 2 is 1.78 bits per heavy atom. The number of ether oxygens (including phenoxy) is 1. The van der Waals surface area contributed by atoms with Crippen LogP contribution in [-0.2, 0) is 6.42 Å². The molecule has 18 heavy (non-hydrogen) atoms. The molecule has 0 aromatic heterocycles. The maximum Gasteiger partial charge on any atom is 0.127 e. The van der Waals surface area contributed by atoms with E-state index in [2.05, 4.69) is 28.1 Å². The van der Waals surface area contributed by atoms with Crippen molar-refractivity contribution in [3.63, 3.8) is 0 Å². The van der Waals surface area contributed by atoms with Crippen LogP contribution in [0.5, 0.6) is 17.2 Å². The number of halogens is 1. The first-order chi connectivity index (χ1) is 8.78. The zero-order valence-electron chi connectivity index (χ0n) is 9.97. The van der Waals surface area contributed by atoms with E-state index < -0.39 is 0 Å². The second-order valence-corrected chi connectivity index (χ2v) is 4.83. The lowest BCUT2D eigenvalue weighted by molar-refractivity contribution is 0.464. The van der Waals surface area contributed by atoms with Crippen molar-refractivity contribution >= 4 is 15.9 Å². The van der Waals surface area contributed by atoms with Crippen molar-refractivity contribution in [3.8, 4) is 17.2 Å². The Morgan fingerprint density at radius 3 is 2.50 bits per heavy atom. The molecule has 0 aliphatic rings. The highest BCUT2D eigenvalue weighted by Crippen LogP contribution is 2.24. The van der Waals surface area contributed by atoms with Crippen LogP contribution in [0.25, 0.3) is 0 Å². The van der Waals surface area contributed by atoms with Crippen LogP contribution in [-0.4, -0.2) is 10.4 Å². The molecule has 0 aliphatic carbocycles. The molecule has 0 spiro atoms. The van der Waals surface area contributed by atoms with Gasteiger partial charge in [0.25, 0.3) is 0 Å². The zero-order chi connectivity index (χ0) is 12.8. The Balaban J connectivity index is 2.06. The third-order valence-electron chi connectivity index (χ3n) is 2.57. The summed E-state index contributed by atoms with van der Waals surface area (Å²) in [5.74, 6) is 1.80. The first-order valence-corrected chi connectivity index (χ1v) is 7.02. The predicted molar refractivity (Wildman–Crippen MR) is 76.7 cm³/mol. The maximum absolute atomic E-state index is 9.20. The normalized spacial score (nSPS) is 10.3. The number of phenolic OH excluding ortho intramolecular Hbond substituents is 1. The molecule has 94 valence electrons. The van der Waals surface area contributed by atoms with Crippen LogP contribution in [0.2, 0.25) is 0 Å². The van der Waals surface area contributed by atoms with Gasteiger partial charge in [-0.05, 0) is 54.8 Å². The molecule has 0 saturated carbocycles. The number of phenols is 1. The number of aryl methyl sites for hydroxylation is 1. The molecule has 0 fully saturated rings. The second kappa shape index (κ2) is 6.45. The van der Waals surface area contributed by atoms with Gasteiger partial charge in [0.2, 0.25) is 0 Å². The lowest BCUT2D eigenvalue weighted by atomic mass is 10.1. The fourth-order valence-electron chi connectivity index (χ4n) is 1.69. The Bertz CT molecular complexity index is 494. The minimum absolute atomic E-state index is 0.244. The summed E-state index contributed by atoms with van der Waals surface area (Å²) in [5.41, 5.74) is 1.27. The molecule has 3 heteroatoms. The topological polar surface area (TPSA) is 29.5 Å². The van der Waals surface area contributed by atoms with E-state index >= 15 is 0 Å². The molecule has 0 atom stereocenters. The van der Waals surface area contributed by atoms with E-state index in [-0.39, 0.29) is 5.75 Å². The average molecular weight is 307 g/mol. The molecule has 0 unspecified atom stereocenters. The quantitative estimate of drug-likeness (QED) is 0.823. The molecule has 0 saturated heterocycles. The summed E-state index contributed by atoms with van der Waals surface area (Å²) in [7, 11) is 0. The molecule has 0 bridgehead atoms.